The molecule has 256 valence electrons. The molecule has 0 unspecified atom stereocenters. The summed E-state index contributed by atoms with van der Waals surface area (Å²) in [6.07, 6.45) is 0. The Kier molecular flexibility index (Phi) is 67.2. The predicted octanol–water partition coefficient (Wildman–Crippen LogP) is -17.9. The van der Waals surface area contributed by atoms with Gasteiger partial charge < -0.3 is 127 Å². The zero-order valence-corrected chi connectivity index (χ0v) is 32.5. The van der Waals surface area contributed by atoms with E-state index in [0.717, 1.165) is 0 Å². The maximum Gasteiger partial charge on any atom is 3.00 e. The SMILES string of the molecule is O=P([O-])(O)O.O=P([O-])(O)O.O=P([O-])(O)O.O=P([O-])(O)O.O=P([O-])(O)O.O=P([O-])(O)O.O=P([O-])([O-])O.O=P([O-])([O-])O.[Al+3].[Al+3].[Al+3].[Na+]. The van der Waals surface area contributed by atoms with Crippen LogP contribution in [0.5, 0.6) is 0 Å². The summed E-state index contributed by atoms with van der Waals surface area (Å²) in [6, 6.07) is 0. The Bertz CT molecular complexity index is 661. The van der Waals surface area contributed by atoms with Crippen molar-refractivity contribution in [3.05, 3.63) is 0 Å². The summed E-state index contributed by atoms with van der Waals surface area (Å²) in [5.41, 5.74) is 0. The van der Waals surface area contributed by atoms with Gasteiger partial charge in [0, 0.05) is 0 Å². The summed E-state index contributed by atoms with van der Waals surface area (Å²) < 4.78 is 69.9. The molecule has 44 heteroatoms. The molecule has 0 aliphatic rings. The van der Waals surface area contributed by atoms with Gasteiger partial charge in [-0.1, -0.05) is 0 Å². The summed E-state index contributed by atoms with van der Waals surface area (Å²) in [4.78, 5) is 186. The first-order valence-corrected chi connectivity index (χ1v) is 18.3. The average molecular weight is 878 g/mol. The van der Waals surface area contributed by atoms with Gasteiger partial charge in [0.15, 0.2) is 0 Å². The molecule has 0 aliphatic carbocycles. The molecule has 0 heterocycles. The Morgan fingerprint density at radius 2 is 0.250 bits per heavy atom. The maximum atomic E-state index is 8.77. The third-order valence-electron chi connectivity index (χ3n) is 0. The van der Waals surface area contributed by atoms with Crippen LogP contribution in [0.25, 0.3) is 0 Å². The molecule has 0 spiro atoms. The van der Waals surface area contributed by atoms with Crippen LogP contribution in [0.3, 0.4) is 0 Å². The quantitative estimate of drug-likeness (QED) is 0.0793. The Balaban J connectivity index is -0.0000000263. The van der Waals surface area contributed by atoms with Gasteiger partial charge in [0.2, 0.25) is 0 Å². The molecule has 0 amide bonds. The van der Waals surface area contributed by atoms with E-state index in [1.54, 1.807) is 0 Å². The van der Waals surface area contributed by atoms with Gasteiger partial charge in [-0.15, -0.1) is 0 Å². The van der Waals surface area contributed by atoms with E-state index in [-0.39, 0.29) is 81.6 Å². The van der Waals surface area contributed by atoms with E-state index in [1.807, 2.05) is 0 Å². The molecule has 0 aromatic heterocycles. The normalized spacial score (nSPS) is 10.7. The van der Waals surface area contributed by atoms with E-state index in [9.17, 15) is 0 Å². The molecular weight excluding hydrogens is 864 g/mol. The van der Waals surface area contributed by atoms with Crippen molar-refractivity contribution in [3.63, 3.8) is 0 Å². The molecule has 0 aromatic rings. The van der Waals surface area contributed by atoms with Crippen molar-refractivity contribution >= 4 is 115 Å². The fraction of sp³-hybridized carbons (Fsp3) is 0. The van der Waals surface area contributed by atoms with Crippen LogP contribution in [0.2, 0.25) is 0 Å². The third kappa shape index (κ3) is 7440. The standard InChI is InChI=1S/3Al.Na.8H3O4P/c;;;;8*1-5(2,3)4/h;;;;8*(H3,1,2,3,4)/q3*+3;+1;;;;;;;;/p-10. The first-order chi connectivity index (χ1) is 16.0. The second kappa shape index (κ2) is 36.3. The Morgan fingerprint density at radius 1 is 0.250 bits per heavy atom. The molecule has 44 heavy (non-hydrogen) atoms. The van der Waals surface area contributed by atoms with E-state index < -0.39 is 62.6 Å². The molecule has 0 rings (SSSR count). The van der Waals surface area contributed by atoms with Crippen molar-refractivity contribution in [2.45, 2.75) is 0 Å². The predicted molar refractivity (Wildman–Crippen MR) is 109 cm³/mol. The fourth-order valence-corrected chi connectivity index (χ4v) is 0. The second-order valence-electron chi connectivity index (χ2n) is 3.88. The minimum absolute atomic E-state index is 0. The molecule has 0 bridgehead atoms. The number of hydrogen-bond acceptors (Lipinski definition) is 18. The van der Waals surface area contributed by atoms with Crippen LogP contribution in [-0.4, -0.2) is 121 Å². The molecule has 0 atom stereocenters. The van der Waals surface area contributed by atoms with Crippen molar-refractivity contribution in [3.8, 4) is 0 Å². The molecule has 14 N–H and O–H groups in total. The fourth-order valence-electron chi connectivity index (χ4n) is 0. The van der Waals surface area contributed by atoms with Crippen LogP contribution in [0, 0.1) is 0 Å². The van der Waals surface area contributed by atoms with E-state index in [2.05, 4.69) is 0 Å². The van der Waals surface area contributed by atoms with Gasteiger partial charge in [0.1, 0.15) is 0 Å². The smallest absolute Gasteiger partial charge is 0.790 e. The molecule has 0 saturated carbocycles. The van der Waals surface area contributed by atoms with Gasteiger partial charge in [0.05, 0.1) is 15.6 Å². The first kappa shape index (κ1) is 81.5. The zero-order valence-electron chi connectivity index (χ0n) is 19.9. The number of hydrogen-bond donors (Lipinski definition) is 14. The monoisotopic (exact) mass is 878 g/mol. The number of phosphoric acid groups is 8. The first-order valence-electron chi connectivity index (χ1n) is 6.09. The van der Waals surface area contributed by atoms with E-state index >= 15 is 0 Å². The summed E-state index contributed by atoms with van der Waals surface area (Å²) in [6.45, 7) is 0. The van der Waals surface area contributed by atoms with Crippen LogP contribution >= 0.6 is 62.6 Å². The molecule has 0 aliphatic heterocycles. The number of rotatable bonds is 0. The van der Waals surface area contributed by atoms with Gasteiger partial charge in [-0.2, -0.15) is 0 Å². The van der Waals surface area contributed by atoms with Crippen LogP contribution in [-0.2, 0) is 36.5 Å². The Morgan fingerprint density at radius 3 is 0.250 bits per heavy atom. The van der Waals surface area contributed by atoms with Crippen molar-refractivity contribution in [2.24, 2.45) is 0 Å². The van der Waals surface area contributed by atoms with Crippen LogP contribution < -0.4 is 78.5 Å². The molecule has 32 nitrogen and oxygen atoms in total. The topological polar surface area (TPSA) is 650 Å². The minimum atomic E-state index is -5.14. The molecule has 0 fully saturated rings. The van der Waals surface area contributed by atoms with Crippen molar-refractivity contribution < 1.29 is 184 Å². The zero-order chi connectivity index (χ0) is 36.0. The second-order valence-corrected chi connectivity index (χ2v) is 11.6. The van der Waals surface area contributed by atoms with Crippen LogP contribution in [0.15, 0.2) is 0 Å². The maximum absolute atomic E-state index is 8.77. The minimum Gasteiger partial charge on any atom is -0.790 e. The molecule has 0 saturated heterocycles. The van der Waals surface area contributed by atoms with Crippen molar-refractivity contribution in [2.75, 3.05) is 0 Å². The molecule has 0 aromatic carbocycles. The van der Waals surface area contributed by atoms with Gasteiger partial charge in [-0.3, -0.25) is 27.4 Å². The van der Waals surface area contributed by atoms with Crippen LogP contribution in [0.1, 0.15) is 0 Å². The summed E-state index contributed by atoms with van der Waals surface area (Å²) >= 11 is 0. The van der Waals surface area contributed by atoms with E-state index in [1.165, 1.54) is 0 Å². The Labute approximate surface area is 296 Å². The van der Waals surface area contributed by atoms with E-state index in [4.69, 9.17) is 154 Å². The van der Waals surface area contributed by atoms with Gasteiger partial charge >= 0.3 is 81.6 Å². The molecular formula is H14Al3NaO32P8. The summed E-state index contributed by atoms with van der Waals surface area (Å²) in [5.74, 6) is 0. The van der Waals surface area contributed by atoms with Crippen molar-refractivity contribution in [1.29, 1.82) is 0 Å². The third-order valence-corrected chi connectivity index (χ3v) is 0. The average Bonchev–Trinajstić information content (AvgIpc) is 2.16. The van der Waals surface area contributed by atoms with Crippen LogP contribution in [0.4, 0.5) is 0 Å². The summed E-state index contributed by atoms with van der Waals surface area (Å²) in [5, 5.41) is 0. The van der Waals surface area contributed by atoms with Gasteiger partial charge in [-0.25, -0.2) is 0 Å². The van der Waals surface area contributed by atoms with Crippen molar-refractivity contribution in [1.82, 2.24) is 0 Å². The van der Waals surface area contributed by atoms with E-state index in [0.29, 0.717) is 0 Å². The summed E-state index contributed by atoms with van der Waals surface area (Å²) in [7, 11) is -39.6. The van der Waals surface area contributed by atoms with Gasteiger partial charge in [-0.05, 0) is 0 Å². The molecule has 0 radical (unpaired) electrons. The Hall–Kier alpha value is 3.48. The van der Waals surface area contributed by atoms with Gasteiger partial charge in [0.25, 0.3) is 46.9 Å². The largest absolute Gasteiger partial charge is 3.00 e.